The molecule has 4 N–H and O–H groups in total. The lowest BCUT2D eigenvalue weighted by Gasteiger charge is -2.62. The van der Waals surface area contributed by atoms with Gasteiger partial charge in [0.25, 0.3) is 11.6 Å². The molecule has 3 aromatic rings. The molecule has 56 heavy (non-hydrogen) atoms. The highest BCUT2D eigenvalue weighted by molar-refractivity contribution is 5.97. The van der Waals surface area contributed by atoms with E-state index in [-0.39, 0.29) is 47.1 Å². The maximum absolute atomic E-state index is 14.2. The van der Waals surface area contributed by atoms with Gasteiger partial charge >= 0.3 is 0 Å². The molecule has 1 heterocycles. The summed E-state index contributed by atoms with van der Waals surface area (Å²) in [5.41, 5.74) is 2.67. The van der Waals surface area contributed by atoms with Crippen molar-refractivity contribution in [1.82, 2.24) is 20.6 Å². The Morgan fingerprint density at radius 2 is 1.84 bits per heavy atom. The van der Waals surface area contributed by atoms with Gasteiger partial charge in [0.1, 0.15) is 17.9 Å². The van der Waals surface area contributed by atoms with Gasteiger partial charge in [0.15, 0.2) is 0 Å². The van der Waals surface area contributed by atoms with Crippen molar-refractivity contribution in [3.05, 3.63) is 93.5 Å². The molecule has 7 rings (SSSR count). The number of fused-ring (bicyclic) bond motifs is 2. The van der Waals surface area contributed by atoms with Crippen molar-refractivity contribution in [1.29, 1.82) is 0 Å². The van der Waals surface area contributed by atoms with E-state index in [1.54, 1.807) is 25.1 Å². The van der Waals surface area contributed by atoms with Gasteiger partial charge < -0.3 is 30.5 Å². The van der Waals surface area contributed by atoms with Crippen LogP contribution < -0.4 is 15.4 Å². The minimum atomic E-state index is -0.961. The second kappa shape index (κ2) is 17.0. The molecule has 13 nitrogen and oxygen atoms in total. The van der Waals surface area contributed by atoms with Gasteiger partial charge in [-0.25, -0.2) is 0 Å². The number of non-ortho nitro benzene ring substituents is 1. The molecule has 9 atom stereocenters. The molecular weight excluding hydrogens is 714 g/mol. The first-order valence-corrected chi connectivity index (χ1v) is 19.6. The Morgan fingerprint density at radius 3 is 2.45 bits per heavy atom. The third-order valence-electron chi connectivity index (χ3n) is 12.6. The van der Waals surface area contributed by atoms with Gasteiger partial charge in [-0.3, -0.25) is 24.5 Å². The van der Waals surface area contributed by atoms with E-state index in [9.17, 15) is 29.9 Å². The minimum absolute atomic E-state index is 0.0152. The number of rotatable bonds is 15. The number of nitro groups is 1. The monoisotopic (exact) mass is 771 g/mol. The van der Waals surface area contributed by atoms with Gasteiger partial charge in [-0.1, -0.05) is 69.3 Å². The van der Waals surface area contributed by atoms with Crippen LogP contribution in [0.25, 0.3) is 11.1 Å². The van der Waals surface area contributed by atoms with Gasteiger partial charge in [0.05, 0.1) is 31.3 Å². The maximum Gasteiger partial charge on any atom is 0.270 e. The Bertz CT molecular complexity index is 1890. The number of ether oxygens (including phenoxy) is 1. The van der Waals surface area contributed by atoms with Crippen LogP contribution in [0, 0.1) is 39.2 Å². The number of carbonyl (C=O) groups is 2. The van der Waals surface area contributed by atoms with E-state index < -0.39 is 41.6 Å². The Morgan fingerprint density at radius 1 is 1.11 bits per heavy atom. The van der Waals surface area contributed by atoms with Crippen LogP contribution in [0.2, 0.25) is 0 Å². The Balaban J connectivity index is 1.28. The predicted octanol–water partition coefficient (Wildman–Crippen LogP) is 4.83. The third kappa shape index (κ3) is 8.47. The standard InChI is InChI=1S/C43H57N5O8/c1-25-35-20-31(43(35,3)4)21-36(25)45-42(52)39-38(26(2)50)37(24-49)56-47(39)22-28-14-11-15-34(40(28)55-7)29-17-30(19-33(18-29)48(53)54)41(51)44-32(23-46(5)6)16-27-12-9-8-10-13-27/h8-15,17-19,25-26,31-32,35-39,49-50H,16,20-24H2,1-7H3,(H,44,51)(H,45,52)/t25-,26-,31-,32-,35+,36-,37-,38+,39-/m0/s1. The van der Waals surface area contributed by atoms with E-state index in [4.69, 9.17) is 9.57 Å². The lowest BCUT2D eigenvalue weighted by molar-refractivity contribution is -0.384. The first-order chi connectivity index (χ1) is 26.6. The van der Waals surface area contributed by atoms with E-state index in [0.29, 0.717) is 47.2 Å². The minimum Gasteiger partial charge on any atom is -0.496 e. The summed E-state index contributed by atoms with van der Waals surface area (Å²) < 4.78 is 5.95. The van der Waals surface area contributed by atoms with E-state index in [1.165, 1.54) is 30.7 Å². The fourth-order valence-electron chi connectivity index (χ4n) is 9.60. The molecule has 2 bridgehead atoms. The predicted molar refractivity (Wildman–Crippen MR) is 213 cm³/mol. The van der Waals surface area contributed by atoms with Crippen LogP contribution in [0.5, 0.6) is 5.75 Å². The first-order valence-electron chi connectivity index (χ1n) is 19.6. The molecule has 0 aromatic heterocycles. The molecular formula is C43H57N5O8. The van der Waals surface area contributed by atoms with E-state index in [2.05, 4.69) is 31.4 Å². The van der Waals surface area contributed by atoms with Gasteiger partial charge in [-0.05, 0) is 80.6 Å². The van der Waals surface area contributed by atoms with Crippen LogP contribution in [0.3, 0.4) is 0 Å². The maximum atomic E-state index is 14.2. The van der Waals surface area contributed by atoms with Gasteiger partial charge in [0, 0.05) is 53.4 Å². The Labute approximate surface area is 329 Å². The van der Waals surface area contributed by atoms with Crippen LogP contribution in [0.15, 0.2) is 66.7 Å². The zero-order valence-corrected chi connectivity index (χ0v) is 33.5. The number of nitrogens with one attached hydrogen (secondary N) is 2. The molecule has 302 valence electrons. The molecule has 3 aromatic carbocycles. The van der Waals surface area contributed by atoms with Gasteiger partial charge in [0.2, 0.25) is 5.91 Å². The van der Waals surface area contributed by atoms with E-state index >= 15 is 0 Å². The number of hydrogen-bond acceptors (Lipinski definition) is 10. The van der Waals surface area contributed by atoms with E-state index in [1.807, 2.05) is 55.4 Å². The summed E-state index contributed by atoms with van der Waals surface area (Å²) in [4.78, 5) is 47.9. The normalized spacial score (nSPS) is 26.6. The summed E-state index contributed by atoms with van der Waals surface area (Å²) in [6.45, 7) is 8.62. The molecule has 4 aliphatic rings. The lowest BCUT2D eigenvalue weighted by Crippen LogP contribution is -2.62. The number of nitrogens with zero attached hydrogens (tertiary/aromatic N) is 3. The van der Waals surface area contributed by atoms with Crippen molar-refractivity contribution in [2.75, 3.05) is 34.4 Å². The molecule has 0 unspecified atom stereocenters. The van der Waals surface area contributed by atoms with Crippen molar-refractivity contribution < 1.29 is 34.3 Å². The topological polar surface area (TPSA) is 167 Å². The molecule has 1 aliphatic heterocycles. The number of aliphatic hydroxyl groups is 2. The van der Waals surface area contributed by atoms with Crippen molar-refractivity contribution in [2.45, 2.75) is 83.8 Å². The Kier molecular flexibility index (Phi) is 12.5. The van der Waals surface area contributed by atoms with Crippen molar-refractivity contribution in [2.24, 2.45) is 29.1 Å². The van der Waals surface area contributed by atoms with Crippen molar-refractivity contribution >= 4 is 17.5 Å². The summed E-state index contributed by atoms with van der Waals surface area (Å²) in [6, 6.07) is 18.3. The second-order valence-electron chi connectivity index (χ2n) is 16.9. The summed E-state index contributed by atoms with van der Waals surface area (Å²) in [7, 11) is 5.33. The molecule has 3 aliphatic carbocycles. The first kappa shape index (κ1) is 41.2. The average molecular weight is 772 g/mol. The van der Waals surface area contributed by atoms with Crippen LogP contribution in [0.4, 0.5) is 5.69 Å². The van der Waals surface area contributed by atoms with Crippen LogP contribution in [0.1, 0.15) is 62.0 Å². The fraction of sp³-hybridized carbons (Fsp3) is 0.535. The largest absolute Gasteiger partial charge is 0.496 e. The third-order valence-corrected chi connectivity index (χ3v) is 12.6. The molecule has 0 spiro atoms. The highest BCUT2D eigenvalue weighted by Gasteiger charge is 2.57. The van der Waals surface area contributed by atoms with Crippen LogP contribution in [-0.2, 0) is 22.6 Å². The Hall–Kier alpha value is -4.40. The number of para-hydroxylation sites is 1. The summed E-state index contributed by atoms with van der Waals surface area (Å²) >= 11 is 0. The number of nitro benzene ring substituents is 1. The number of benzene rings is 3. The SMILES string of the molecule is COc1c(CN2O[C@@H](CO)[C@@H]([C@H](C)O)[C@H]2C(=O)N[C@H]2C[C@@H]3C[C@H]([C@@H]2C)C3(C)C)cccc1-c1cc(C(=O)N[C@@H](Cc2ccccc2)CN(C)C)cc([N+](=O)[O-])c1. The molecule has 0 radical (unpaired) electrons. The second-order valence-corrected chi connectivity index (χ2v) is 16.9. The van der Waals surface area contributed by atoms with Gasteiger partial charge in [-0.2, -0.15) is 5.06 Å². The number of aliphatic hydroxyl groups excluding tert-OH is 2. The smallest absolute Gasteiger partial charge is 0.270 e. The molecule has 13 heteroatoms. The number of carbonyl (C=O) groups excluding carboxylic acids is 2. The summed E-state index contributed by atoms with van der Waals surface area (Å²) in [5, 5.41) is 41.4. The van der Waals surface area contributed by atoms with Crippen molar-refractivity contribution in [3.63, 3.8) is 0 Å². The average Bonchev–Trinajstić information content (AvgIpc) is 3.53. The van der Waals surface area contributed by atoms with Crippen LogP contribution in [-0.4, -0.2) is 102 Å². The number of hydroxylamine groups is 2. The molecule has 1 saturated heterocycles. The quantitative estimate of drug-likeness (QED) is 0.124. The summed E-state index contributed by atoms with van der Waals surface area (Å²) in [6.07, 6.45) is 0.838. The van der Waals surface area contributed by atoms with E-state index in [0.717, 1.165) is 12.0 Å². The fourth-order valence-corrected chi connectivity index (χ4v) is 9.60. The number of likely N-dealkylation sites (N-methyl/N-ethyl adjacent to an activating group) is 1. The molecule has 2 amide bonds. The zero-order chi connectivity index (χ0) is 40.5. The lowest BCUT2D eigenvalue weighted by atomic mass is 9.45. The number of amides is 2. The number of hydrogen-bond donors (Lipinski definition) is 4. The highest BCUT2D eigenvalue weighted by atomic mass is 16.7. The molecule has 3 saturated carbocycles. The van der Waals surface area contributed by atoms with Crippen molar-refractivity contribution in [3.8, 4) is 16.9 Å². The van der Waals surface area contributed by atoms with Gasteiger partial charge in [-0.15, -0.1) is 0 Å². The molecule has 4 fully saturated rings. The van der Waals surface area contributed by atoms with Crippen LogP contribution >= 0.6 is 0 Å². The summed E-state index contributed by atoms with van der Waals surface area (Å²) in [5.74, 6) is 0.280. The number of methoxy groups -OCH3 is 1. The zero-order valence-electron chi connectivity index (χ0n) is 33.5. The highest BCUT2D eigenvalue weighted by Crippen LogP contribution is 2.61.